The van der Waals surface area contributed by atoms with Crippen LogP contribution >= 0.6 is 23.1 Å². The van der Waals surface area contributed by atoms with Crippen LogP contribution in [0.1, 0.15) is 25.3 Å². The number of hydrogen-bond donors (Lipinski definition) is 1. The van der Waals surface area contributed by atoms with Crippen molar-refractivity contribution in [3.05, 3.63) is 48.0 Å². The summed E-state index contributed by atoms with van der Waals surface area (Å²) in [4.78, 5) is 30.9. The average molecular weight is 412 g/mol. The second-order valence-electron chi connectivity index (χ2n) is 6.67. The Balaban J connectivity index is 1.41. The molecule has 28 heavy (non-hydrogen) atoms. The quantitative estimate of drug-likeness (QED) is 0.597. The van der Waals surface area contributed by atoms with Gasteiger partial charge in [0.1, 0.15) is 0 Å². The number of carbonyl (C=O) groups is 2. The zero-order valence-corrected chi connectivity index (χ0v) is 17.2. The first-order valence-corrected chi connectivity index (χ1v) is 11.2. The molecular weight excluding hydrogens is 390 g/mol. The highest BCUT2D eigenvalue weighted by Gasteiger charge is 2.24. The van der Waals surface area contributed by atoms with Gasteiger partial charge in [0.2, 0.25) is 11.8 Å². The number of rotatable bonds is 6. The molecule has 5 nitrogen and oxygen atoms in total. The third-order valence-electron chi connectivity index (χ3n) is 4.64. The monoisotopic (exact) mass is 411 g/mol. The van der Waals surface area contributed by atoms with Crippen LogP contribution in [0.3, 0.4) is 0 Å². The average Bonchev–Trinajstić information content (AvgIpc) is 3.29. The molecule has 0 saturated heterocycles. The summed E-state index contributed by atoms with van der Waals surface area (Å²) in [6.45, 7) is 2.73. The number of thiazole rings is 1. The van der Waals surface area contributed by atoms with Crippen molar-refractivity contribution in [3.8, 4) is 0 Å². The van der Waals surface area contributed by atoms with Gasteiger partial charge in [0.15, 0.2) is 4.34 Å². The Kier molecular flexibility index (Phi) is 5.64. The van der Waals surface area contributed by atoms with E-state index in [1.54, 1.807) is 11.3 Å². The first-order chi connectivity index (χ1) is 13.6. The van der Waals surface area contributed by atoms with Gasteiger partial charge in [-0.3, -0.25) is 9.59 Å². The molecule has 0 fully saturated rings. The van der Waals surface area contributed by atoms with Gasteiger partial charge in [-0.15, -0.1) is 11.3 Å². The van der Waals surface area contributed by atoms with Crippen molar-refractivity contribution in [1.82, 2.24) is 4.98 Å². The van der Waals surface area contributed by atoms with Gasteiger partial charge < -0.3 is 10.2 Å². The minimum Gasteiger partial charge on any atom is -0.326 e. The minimum atomic E-state index is 0.0254. The topological polar surface area (TPSA) is 62.3 Å². The maximum absolute atomic E-state index is 12.7. The number of benzene rings is 2. The molecule has 0 bridgehead atoms. The van der Waals surface area contributed by atoms with Crippen LogP contribution in [-0.2, 0) is 16.0 Å². The van der Waals surface area contributed by atoms with Crippen LogP contribution < -0.4 is 10.2 Å². The molecule has 1 aliphatic rings. The Labute approximate surface area is 172 Å². The highest BCUT2D eigenvalue weighted by Crippen LogP contribution is 2.33. The second kappa shape index (κ2) is 8.32. The van der Waals surface area contributed by atoms with Gasteiger partial charge in [0.25, 0.3) is 0 Å². The van der Waals surface area contributed by atoms with Crippen LogP contribution in [0.2, 0.25) is 0 Å². The Bertz CT molecular complexity index is 1030. The van der Waals surface area contributed by atoms with Crippen molar-refractivity contribution in [2.75, 3.05) is 22.5 Å². The van der Waals surface area contributed by atoms with Gasteiger partial charge in [-0.05, 0) is 42.7 Å². The molecule has 1 aromatic heterocycles. The normalized spacial score (nSPS) is 13.0. The highest BCUT2D eigenvalue weighted by atomic mass is 32.2. The van der Waals surface area contributed by atoms with Crippen molar-refractivity contribution in [2.24, 2.45) is 0 Å². The summed E-state index contributed by atoms with van der Waals surface area (Å²) < 4.78 is 1.88. The molecule has 7 heteroatoms. The lowest BCUT2D eigenvalue weighted by Gasteiger charge is -2.16. The molecule has 3 aromatic rings. The molecule has 0 aliphatic carbocycles. The first-order valence-electron chi connectivity index (χ1n) is 9.35. The van der Waals surface area contributed by atoms with Gasteiger partial charge in [0.05, 0.1) is 16.0 Å². The minimum absolute atomic E-state index is 0.0254. The van der Waals surface area contributed by atoms with Crippen molar-refractivity contribution in [3.63, 3.8) is 0 Å². The number of para-hydroxylation sites is 1. The third-order valence-corrected chi connectivity index (χ3v) is 6.78. The molecule has 0 spiro atoms. The lowest BCUT2D eigenvalue weighted by Crippen LogP contribution is -2.30. The maximum atomic E-state index is 12.7. The molecule has 2 aromatic carbocycles. The summed E-state index contributed by atoms with van der Waals surface area (Å²) in [5.41, 5.74) is 3.94. The molecular formula is C21H21N3O2S2. The van der Waals surface area contributed by atoms with Crippen molar-refractivity contribution < 1.29 is 9.59 Å². The Morgan fingerprint density at radius 3 is 2.96 bits per heavy atom. The Hall–Kier alpha value is -2.38. The summed E-state index contributed by atoms with van der Waals surface area (Å²) >= 11 is 3.02. The molecule has 144 valence electrons. The van der Waals surface area contributed by atoms with Gasteiger partial charge in [0, 0.05) is 24.3 Å². The lowest BCUT2D eigenvalue weighted by molar-refractivity contribution is -0.117. The predicted molar refractivity (Wildman–Crippen MR) is 116 cm³/mol. The second-order valence-corrected chi connectivity index (χ2v) is 8.93. The number of carbonyl (C=O) groups excluding carboxylic acids is 2. The van der Waals surface area contributed by atoms with Crippen LogP contribution in [0.25, 0.3) is 10.2 Å². The van der Waals surface area contributed by atoms with E-state index in [0.717, 1.165) is 45.3 Å². The summed E-state index contributed by atoms with van der Waals surface area (Å²) in [7, 11) is 0. The van der Waals surface area contributed by atoms with Crippen molar-refractivity contribution in [1.29, 1.82) is 0 Å². The molecule has 4 rings (SSSR count). The van der Waals surface area contributed by atoms with Gasteiger partial charge in [-0.1, -0.05) is 36.9 Å². The van der Waals surface area contributed by atoms with Gasteiger partial charge in [-0.25, -0.2) is 4.98 Å². The molecule has 2 amide bonds. The molecule has 0 saturated carbocycles. The molecule has 1 aliphatic heterocycles. The largest absolute Gasteiger partial charge is 0.326 e. The fourth-order valence-corrected chi connectivity index (χ4v) is 5.28. The summed E-state index contributed by atoms with van der Waals surface area (Å²) in [5, 5.41) is 2.91. The molecule has 1 N–H and O–H groups in total. The van der Waals surface area contributed by atoms with Crippen LogP contribution in [0, 0.1) is 0 Å². The smallest absolute Gasteiger partial charge is 0.237 e. The van der Waals surface area contributed by atoms with E-state index in [1.165, 1.54) is 17.3 Å². The molecule has 0 radical (unpaired) electrons. The van der Waals surface area contributed by atoms with Gasteiger partial charge >= 0.3 is 0 Å². The maximum Gasteiger partial charge on any atom is 0.237 e. The van der Waals surface area contributed by atoms with E-state index >= 15 is 0 Å². The van der Waals surface area contributed by atoms with E-state index in [4.69, 9.17) is 0 Å². The lowest BCUT2D eigenvalue weighted by atomic mass is 10.2. The molecule has 2 heterocycles. The van der Waals surface area contributed by atoms with Crippen LogP contribution in [0.4, 0.5) is 11.4 Å². The molecule has 0 atom stereocenters. The first kappa shape index (κ1) is 19.0. The number of nitrogens with zero attached hydrogens (tertiary/aromatic N) is 2. The Morgan fingerprint density at radius 1 is 1.25 bits per heavy atom. The van der Waals surface area contributed by atoms with Crippen LogP contribution in [0.5, 0.6) is 0 Å². The van der Waals surface area contributed by atoms with E-state index in [2.05, 4.69) is 16.4 Å². The van der Waals surface area contributed by atoms with E-state index in [9.17, 15) is 9.59 Å². The van der Waals surface area contributed by atoms with Crippen molar-refractivity contribution >= 4 is 56.5 Å². The van der Waals surface area contributed by atoms with Crippen LogP contribution in [-0.4, -0.2) is 29.1 Å². The number of thioether (sulfide) groups is 1. The van der Waals surface area contributed by atoms with E-state index in [-0.39, 0.29) is 11.8 Å². The number of fused-ring (bicyclic) bond motifs is 2. The molecule has 0 unspecified atom stereocenters. The van der Waals surface area contributed by atoms with E-state index in [0.29, 0.717) is 12.2 Å². The van der Waals surface area contributed by atoms with E-state index in [1.807, 2.05) is 48.2 Å². The number of anilines is 2. The SMILES string of the molecule is CCCC(=O)Nc1ccc2nc(SCC(=O)N3CCc4ccccc43)sc2c1. The van der Waals surface area contributed by atoms with E-state index < -0.39 is 0 Å². The third kappa shape index (κ3) is 4.05. The summed E-state index contributed by atoms with van der Waals surface area (Å²) in [6.07, 6.45) is 2.26. The number of amides is 2. The summed E-state index contributed by atoms with van der Waals surface area (Å²) in [5.74, 6) is 0.507. The van der Waals surface area contributed by atoms with Crippen LogP contribution in [0.15, 0.2) is 46.8 Å². The fraction of sp³-hybridized carbons (Fsp3) is 0.286. The Morgan fingerprint density at radius 2 is 2.11 bits per heavy atom. The fourth-order valence-electron chi connectivity index (χ4n) is 3.29. The van der Waals surface area contributed by atoms with Crippen molar-refractivity contribution in [2.45, 2.75) is 30.5 Å². The number of aromatic nitrogens is 1. The summed E-state index contributed by atoms with van der Waals surface area (Å²) in [6, 6.07) is 13.8. The van der Waals surface area contributed by atoms with Gasteiger partial charge in [-0.2, -0.15) is 0 Å². The number of hydrogen-bond acceptors (Lipinski definition) is 5. The zero-order valence-electron chi connectivity index (χ0n) is 15.6. The standard InChI is InChI=1S/C21H21N3O2S2/c1-2-5-19(25)22-15-8-9-16-18(12-15)28-21(23-16)27-13-20(26)24-11-10-14-6-3-4-7-17(14)24/h3-4,6-9,12H,2,5,10-11,13H2,1H3,(H,22,25). The predicted octanol–water partition coefficient (Wildman–Crippen LogP) is 4.72. The zero-order chi connectivity index (χ0) is 19.5. The highest BCUT2D eigenvalue weighted by molar-refractivity contribution is 8.01. The number of nitrogens with one attached hydrogen (secondary N) is 1.